The number of hydrogen-bond donors (Lipinski definition) is 1. The van der Waals surface area contributed by atoms with Gasteiger partial charge >= 0.3 is 5.97 Å². The van der Waals surface area contributed by atoms with Gasteiger partial charge in [0.15, 0.2) is 0 Å². The van der Waals surface area contributed by atoms with Gasteiger partial charge in [0, 0.05) is 12.5 Å². The maximum atomic E-state index is 10.4. The second kappa shape index (κ2) is 4.97. The Kier molecular flexibility index (Phi) is 3.62. The second-order valence-corrected chi connectivity index (χ2v) is 4.93. The third kappa shape index (κ3) is 2.71. The van der Waals surface area contributed by atoms with Crippen LogP contribution in [0.4, 0.5) is 0 Å². The van der Waals surface area contributed by atoms with Crippen LogP contribution < -0.4 is 0 Å². The van der Waals surface area contributed by atoms with Gasteiger partial charge in [-0.1, -0.05) is 12.8 Å². The second-order valence-electron chi connectivity index (χ2n) is 4.93. The number of carboxylic acids is 1. The molecule has 0 aromatic heterocycles. The lowest BCUT2D eigenvalue weighted by Gasteiger charge is -2.31. The van der Waals surface area contributed by atoms with Gasteiger partial charge < -0.3 is 10.0 Å². The summed E-state index contributed by atoms with van der Waals surface area (Å²) in [5.74, 6) is 0.262. The van der Waals surface area contributed by atoms with Gasteiger partial charge in [-0.3, -0.25) is 4.79 Å². The van der Waals surface area contributed by atoms with Crippen LogP contribution in [-0.2, 0) is 4.79 Å². The highest BCUT2D eigenvalue weighted by molar-refractivity contribution is 5.66. The van der Waals surface area contributed by atoms with E-state index in [1.54, 1.807) is 0 Å². The SMILES string of the molecule is O=C(O)CCCN1CCC2CCCCC21. The first kappa shape index (κ1) is 10.9. The summed E-state index contributed by atoms with van der Waals surface area (Å²) in [6, 6.07) is 0.785. The molecule has 2 unspecified atom stereocenters. The van der Waals surface area contributed by atoms with E-state index in [9.17, 15) is 4.79 Å². The van der Waals surface area contributed by atoms with Crippen LogP contribution in [0.5, 0.6) is 0 Å². The molecule has 0 spiro atoms. The van der Waals surface area contributed by atoms with Crippen LogP contribution in [0.2, 0.25) is 0 Å². The monoisotopic (exact) mass is 211 g/mol. The molecule has 1 saturated heterocycles. The summed E-state index contributed by atoms with van der Waals surface area (Å²) in [6.07, 6.45) is 8.02. The van der Waals surface area contributed by atoms with Crippen molar-refractivity contribution in [3.8, 4) is 0 Å². The summed E-state index contributed by atoms with van der Waals surface area (Å²) in [5, 5.41) is 8.60. The van der Waals surface area contributed by atoms with E-state index in [-0.39, 0.29) is 0 Å². The summed E-state index contributed by atoms with van der Waals surface area (Å²) >= 11 is 0. The highest BCUT2D eigenvalue weighted by atomic mass is 16.4. The molecule has 2 atom stereocenters. The van der Waals surface area contributed by atoms with Crippen molar-refractivity contribution in [3.63, 3.8) is 0 Å². The van der Waals surface area contributed by atoms with Gasteiger partial charge in [0.2, 0.25) is 0 Å². The van der Waals surface area contributed by atoms with Crippen LogP contribution in [0, 0.1) is 5.92 Å². The number of nitrogens with zero attached hydrogens (tertiary/aromatic N) is 1. The fourth-order valence-electron chi connectivity index (χ4n) is 3.21. The lowest BCUT2D eigenvalue weighted by molar-refractivity contribution is -0.137. The number of carbonyl (C=O) groups is 1. The van der Waals surface area contributed by atoms with E-state index in [1.807, 2.05) is 0 Å². The molecule has 15 heavy (non-hydrogen) atoms. The van der Waals surface area contributed by atoms with Crippen LogP contribution in [-0.4, -0.2) is 35.1 Å². The number of likely N-dealkylation sites (tertiary alicyclic amines) is 1. The van der Waals surface area contributed by atoms with Gasteiger partial charge in [-0.15, -0.1) is 0 Å². The zero-order valence-electron chi connectivity index (χ0n) is 9.32. The number of rotatable bonds is 4. The summed E-state index contributed by atoms with van der Waals surface area (Å²) < 4.78 is 0. The van der Waals surface area contributed by atoms with Crippen molar-refractivity contribution in [1.29, 1.82) is 0 Å². The van der Waals surface area contributed by atoms with Crippen molar-refractivity contribution in [1.82, 2.24) is 4.90 Å². The van der Waals surface area contributed by atoms with Crippen molar-refractivity contribution >= 4 is 5.97 Å². The zero-order chi connectivity index (χ0) is 10.7. The number of fused-ring (bicyclic) bond motifs is 1. The number of hydrogen-bond acceptors (Lipinski definition) is 2. The summed E-state index contributed by atoms with van der Waals surface area (Å²) in [4.78, 5) is 13.0. The first-order valence-electron chi connectivity index (χ1n) is 6.23. The Morgan fingerprint density at radius 1 is 1.27 bits per heavy atom. The topological polar surface area (TPSA) is 40.5 Å². The van der Waals surface area contributed by atoms with E-state index in [2.05, 4.69) is 4.90 Å². The van der Waals surface area contributed by atoms with Gasteiger partial charge in [0.25, 0.3) is 0 Å². The normalized spacial score (nSPS) is 31.5. The minimum atomic E-state index is -0.658. The first-order valence-corrected chi connectivity index (χ1v) is 6.23. The van der Waals surface area contributed by atoms with E-state index < -0.39 is 5.97 Å². The standard InChI is InChI=1S/C12H21NO2/c14-12(15)6-3-8-13-9-7-10-4-1-2-5-11(10)13/h10-11H,1-9H2,(H,14,15). The highest BCUT2D eigenvalue weighted by Crippen LogP contribution is 2.35. The molecule has 2 rings (SSSR count). The number of aliphatic carboxylic acids is 1. The fraction of sp³-hybridized carbons (Fsp3) is 0.917. The van der Waals surface area contributed by atoms with E-state index in [4.69, 9.17) is 5.11 Å². The molecule has 1 heterocycles. The van der Waals surface area contributed by atoms with Crippen molar-refractivity contribution in [3.05, 3.63) is 0 Å². The maximum Gasteiger partial charge on any atom is 0.303 e. The molecule has 0 radical (unpaired) electrons. The molecule has 1 N–H and O–H groups in total. The van der Waals surface area contributed by atoms with Crippen molar-refractivity contribution < 1.29 is 9.90 Å². The highest BCUT2D eigenvalue weighted by Gasteiger charge is 2.34. The van der Waals surface area contributed by atoms with E-state index in [0.29, 0.717) is 6.42 Å². The van der Waals surface area contributed by atoms with Crippen LogP contribution in [0.25, 0.3) is 0 Å². The van der Waals surface area contributed by atoms with Gasteiger partial charge in [-0.25, -0.2) is 0 Å². The Morgan fingerprint density at radius 3 is 2.87 bits per heavy atom. The third-order valence-corrected chi connectivity index (χ3v) is 3.96. The van der Waals surface area contributed by atoms with Gasteiger partial charge in [0.1, 0.15) is 0 Å². The van der Waals surface area contributed by atoms with E-state index in [0.717, 1.165) is 24.9 Å². The van der Waals surface area contributed by atoms with Gasteiger partial charge in [-0.2, -0.15) is 0 Å². The van der Waals surface area contributed by atoms with Crippen LogP contribution in [0.15, 0.2) is 0 Å². The number of carboxylic acid groups (broad SMARTS) is 1. The minimum Gasteiger partial charge on any atom is -0.481 e. The molecule has 0 amide bonds. The van der Waals surface area contributed by atoms with E-state index in [1.165, 1.54) is 38.6 Å². The molecule has 3 heteroatoms. The molecule has 2 aliphatic rings. The van der Waals surface area contributed by atoms with Crippen LogP contribution >= 0.6 is 0 Å². The molecule has 86 valence electrons. The summed E-state index contributed by atoms with van der Waals surface area (Å²) in [7, 11) is 0. The summed E-state index contributed by atoms with van der Waals surface area (Å²) in [5.41, 5.74) is 0. The quantitative estimate of drug-likeness (QED) is 0.774. The summed E-state index contributed by atoms with van der Waals surface area (Å²) in [6.45, 7) is 2.20. The predicted molar refractivity (Wildman–Crippen MR) is 58.8 cm³/mol. The molecular weight excluding hydrogens is 190 g/mol. The van der Waals surface area contributed by atoms with Crippen LogP contribution in [0.3, 0.4) is 0 Å². The zero-order valence-corrected chi connectivity index (χ0v) is 9.32. The Bertz CT molecular complexity index is 230. The average molecular weight is 211 g/mol. The minimum absolute atomic E-state index is 0.327. The van der Waals surface area contributed by atoms with E-state index >= 15 is 0 Å². The fourth-order valence-corrected chi connectivity index (χ4v) is 3.21. The maximum absolute atomic E-state index is 10.4. The largest absolute Gasteiger partial charge is 0.481 e. The Morgan fingerprint density at radius 2 is 2.07 bits per heavy atom. The average Bonchev–Trinajstić information content (AvgIpc) is 2.62. The smallest absolute Gasteiger partial charge is 0.303 e. The molecule has 1 aliphatic carbocycles. The molecule has 2 fully saturated rings. The van der Waals surface area contributed by atoms with Gasteiger partial charge in [0.05, 0.1) is 0 Å². The van der Waals surface area contributed by atoms with Crippen molar-refractivity contribution in [2.75, 3.05) is 13.1 Å². The first-order chi connectivity index (χ1) is 7.27. The predicted octanol–water partition coefficient (Wildman–Crippen LogP) is 2.12. The lowest BCUT2D eigenvalue weighted by atomic mass is 9.85. The van der Waals surface area contributed by atoms with Crippen molar-refractivity contribution in [2.45, 2.75) is 51.0 Å². The molecule has 3 nitrogen and oxygen atoms in total. The molecule has 1 saturated carbocycles. The van der Waals surface area contributed by atoms with Gasteiger partial charge in [-0.05, 0) is 44.7 Å². The Labute approximate surface area is 91.5 Å². The lowest BCUT2D eigenvalue weighted by Crippen LogP contribution is -2.35. The van der Waals surface area contributed by atoms with Crippen molar-refractivity contribution in [2.24, 2.45) is 5.92 Å². The molecular formula is C12H21NO2. The Balaban J connectivity index is 1.75. The van der Waals surface area contributed by atoms with Crippen LogP contribution in [0.1, 0.15) is 44.9 Å². The molecule has 1 aliphatic heterocycles. The molecule has 0 bridgehead atoms. The molecule has 0 aromatic rings. The third-order valence-electron chi connectivity index (χ3n) is 3.96. The Hall–Kier alpha value is -0.570. The molecule has 0 aromatic carbocycles.